The van der Waals surface area contributed by atoms with Crippen LogP contribution in [0.25, 0.3) is 0 Å². The summed E-state index contributed by atoms with van der Waals surface area (Å²) >= 11 is 1.48. The van der Waals surface area contributed by atoms with Gasteiger partial charge in [-0.15, -0.1) is 11.3 Å². The van der Waals surface area contributed by atoms with Crippen molar-refractivity contribution in [2.75, 3.05) is 19.4 Å². The lowest BCUT2D eigenvalue weighted by Crippen LogP contribution is -2.66. The fourth-order valence-electron chi connectivity index (χ4n) is 4.51. The van der Waals surface area contributed by atoms with E-state index in [1.54, 1.807) is 18.0 Å². The van der Waals surface area contributed by atoms with Gasteiger partial charge in [-0.25, -0.2) is 9.37 Å². The van der Waals surface area contributed by atoms with Crippen molar-refractivity contribution in [1.82, 2.24) is 15.1 Å². The number of nitriles is 1. The average Bonchev–Trinajstić information content (AvgIpc) is 3.32. The first-order chi connectivity index (χ1) is 14.4. The van der Waals surface area contributed by atoms with Crippen molar-refractivity contribution in [3.63, 3.8) is 0 Å². The molecule has 3 aliphatic rings. The van der Waals surface area contributed by atoms with E-state index in [1.165, 1.54) is 28.2 Å². The summed E-state index contributed by atoms with van der Waals surface area (Å²) in [4.78, 5) is 42.0. The number of hydrogen-bond acceptors (Lipinski definition) is 6. The molecule has 3 unspecified atom stereocenters. The molecule has 0 aromatic carbocycles. The Kier molecular flexibility index (Phi) is 5.24. The van der Waals surface area contributed by atoms with Crippen molar-refractivity contribution in [3.05, 3.63) is 16.0 Å². The number of carbonyl (C=O) groups excluding carboxylic acids is 3. The molecule has 0 saturated carbocycles. The third kappa shape index (κ3) is 3.04. The van der Waals surface area contributed by atoms with Crippen molar-refractivity contribution in [2.45, 2.75) is 57.3 Å². The molecular formula is C20H25N6O3S+. The number of likely N-dealkylation sites (N-methyl/N-ethyl adjacent to an activating group) is 2. The number of thiophene rings is 1. The molecule has 1 aliphatic carbocycles. The van der Waals surface area contributed by atoms with Crippen LogP contribution in [-0.4, -0.2) is 70.9 Å². The standard InChI is InChI=1S/C20H24N6O3S/c1-4-13(26-10-22-16-15(26)19(28)25(3)20(29)24(16)2)17(27)23-18-12(9-21)11-7-5-6-8-14(11)30-18/h10,13,15-16H,4-8H2,1-3H3,(H,23,27)/p+1. The summed E-state index contributed by atoms with van der Waals surface area (Å²) in [6.45, 7) is 1.88. The van der Waals surface area contributed by atoms with Crippen molar-refractivity contribution < 1.29 is 19.0 Å². The van der Waals surface area contributed by atoms with Crippen LogP contribution in [0.5, 0.6) is 0 Å². The number of urea groups is 1. The van der Waals surface area contributed by atoms with E-state index in [9.17, 15) is 19.6 Å². The van der Waals surface area contributed by atoms with Crippen molar-refractivity contribution in [3.8, 4) is 6.07 Å². The van der Waals surface area contributed by atoms with Gasteiger partial charge in [0.1, 0.15) is 11.1 Å². The average molecular weight is 430 g/mol. The molecule has 9 nitrogen and oxygen atoms in total. The fraction of sp³-hybridized carbons (Fsp3) is 0.550. The van der Waals surface area contributed by atoms with E-state index in [4.69, 9.17) is 0 Å². The SMILES string of the molecule is CCC(C(=O)Nc1sc2c(c1C#N)CCCC2)[N+]1=CNC2C1C(=O)N(C)C(=O)N2C. The van der Waals surface area contributed by atoms with Gasteiger partial charge in [-0.2, -0.15) is 5.26 Å². The minimum absolute atomic E-state index is 0.263. The molecule has 3 heterocycles. The molecule has 158 valence electrons. The second-order valence-electron chi connectivity index (χ2n) is 7.86. The number of fused-ring (bicyclic) bond motifs is 2. The Hall–Kier alpha value is -2.93. The quantitative estimate of drug-likeness (QED) is 0.696. The lowest BCUT2D eigenvalue weighted by atomic mass is 9.96. The third-order valence-corrected chi connectivity index (χ3v) is 7.38. The number of rotatable bonds is 4. The first kappa shape index (κ1) is 20.3. The van der Waals surface area contributed by atoms with Gasteiger partial charge in [0, 0.05) is 19.0 Å². The molecule has 2 N–H and O–H groups in total. The number of aryl methyl sites for hydroxylation is 1. The highest BCUT2D eigenvalue weighted by Crippen LogP contribution is 2.37. The molecule has 2 aliphatic heterocycles. The molecule has 4 amide bonds. The topological polar surface area (TPSA) is 109 Å². The van der Waals surface area contributed by atoms with E-state index in [-0.39, 0.29) is 17.8 Å². The Labute approximate surface area is 178 Å². The van der Waals surface area contributed by atoms with Gasteiger partial charge in [0.05, 0.1) is 5.56 Å². The van der Waals surface area contributed by atoms with E-state index >= 15 is 0 Å². The summed E-state index contributed by atoms with van der Waals surface area (Å²) in [5, 5.41) is 16.3. The van der Waals surface area contributed by atoms with Gasteiger partial charge in [0.25, 0.3) is 11.8 Å². The molecular weight excluding hydrogens is 404 g/mol. The number of nitrogens with one attached hydrogen (secondary N) is 2. The Morgan fingerprint density at radius 1 is 1.40 bits per heavy atom. The molecule has 30 heavy (non-hydrogen) atoms. The fourth-order valence-corrected chi connectivity index (χ4v) is 5.76. The lowest BCUT2D eigenvalue weighted by molar-refractivity contribution is -0.569. The van der Waals surface area contributed by atoms with Crippen molar-refractivity contribution >= 4 is 40.5 Å². The van der Waals surface area contributed by atoms with Crippen LogP contribution >= 0.6 is 11.3 Å². The maximum atomic E-state index is 13.2. The first-order valence-electron chi connectivity index (χ1n) is 10.2. The number of amides is 4. The van der Waals surface area contributed by atoms with Crippen LogP contribution in [0.1, 0.15) is 42.2 Å². The molecule has 4 rings (SSSR count). The van der Waals surface area contributed by atoms with Crippen LogP contribution in [0.4, 0.5) is 9.80 Å². The highest BCUT2D eigenvalue weighted by Gasteiger charge is 2.54. The largest absolute Gasteiger partial charge is 0.329 e. The minimum Gasteiger partial charge on any atom is -0.313 e. The van der Waals surface area contributed by atoms with E-state index in [0.29, 0.717) is 17.0 Å². The number of imide groups is 1. The highest BCUT2D eigenvalue weighted by atomic mass is 32.1. The molecule has 1 aromatic rings. The van der Waals surface area contributed by atoms with Crippen LogP contribution in [0.15, 0.2) is 0 Å². The second kappa shape index (κ2) is 7.72. The summed E-state index contributed by atoms with van der Waals surface area (Å²) in [5.74, 6) is -0.610. The molecule has 3 atom stereocenters. The van der Waals surface area contributed by atoms with Crippen molar-refractivity contribution in [1.29, 1.82) is 5.26 Å². The van der Waals surface area contributed by atoms with Crippen LogP contribution < -0.4 is 10.6 Å². The summed E-state index contributed by atoms with van der Waals surface area (Å²) in [5.41, 5.74) is 1.63. The number of carbonyl (C=O) groups is 3. The second-order valence-corrected chi connectivity index (χ2v) is 8.97. The van der Waals surface area contributed by atoms with Gasteiger partial charge >= 0.3 is 6.03 Å². The van der Waals surface area contributed by atoms with Crippen LogP contribution in [0, 0.1) is 11.3 Å². The first-order valence-corrected chi connectivity index (χ1v) is 11.0. The van der Waals surface area contributed by atoms with Gasteiger partial charge in [-0.3, -0.25) is 24.7 Å². The highest BCUT2D eigenvalue weighted by molar-refractivity contribution is 7.16. The monoisotopic (exact) mass is 429 g/mol. The Bertz CT molecular complexity index is 993. The number of hydrogen-bond donors (Lipinski definition) is 2. The molecule has 10 heteroatoms. The lowest BCUT2D eigenvalue weighted by Gasteiger charge is -2.36. The van der Waals surface area contributed by atoms with E-state index in [1.807, 2.05) is 6.92 Å². The summed E-state index contributed by atoms with van der Waals surface area (Å²) in [6, 6.07) is 0.582. The molecule has 0 spiro atoms. The molecule has 1 aromatic heterocycles. The number of nitrogens with zero attached hydrogens (tertiary/aromatic N) is 4. The van der Waals surface area contributed by atoms with Gasteiger partial charge < -0.3 is 5.32 Å². The Balaban J connectivity index is 1.59. The normalized spacial score (nSPS) is 23.9. The van der Waals surface area contributed by atoms with Crippen LogP contribution in [-0.2, 0) is 22.4 Å². The molecule has 1 saturated heterocycles. The van der Waals surface area contributed by atoms with Crippen molar-refractivity contribution in [2.24, 2.45) is 0 Å². The van der Waals surface area contributed by atoms with E-state index in [0.717, 1.165) is 36.1 Å². The summed E-state index contributed by atoms with van der Waals surface area (Å²) < 4.78 is 1.70. The van der Waals surface area contributed by atoms with Gasteiger partial charge in [-0.1, -0.05) is 6.92 Å². The molecule has 0 bridgehead atoms. The van der Waals surface area contributed by atoms with Gasteiger partial charge in [0.15, 0.2) is 6.04 Å². The Morgan fingerprint density at radius 2 is 2.13 bits per heavy atom. The summed E-state index contributed by atoms with van der Waals surface area (Å²) in [6.07, 6.45) is 5.54. The maximum absolute atomic E-state index is 13.2. The molecule has 0 radical (unpaired) electrons. The van der Waals surface area contributed by atoms with Gasteiger partial charge in [0.2, 0.25) is 18.5 Å². The predicted octanol–water partition coefficient (Wildman–Crippen LogP) is 1.08. The predicted molar refractivity (Wildman–Crippen MR) is 111 cm³/mol. The molecule has 1 fully saturated rings. The summed E-state index contributed by atoms with van der Waals surface area (Å²) in [7, 11) is 3.08. The minimum atomic E-state index is -0.680. The zero-order valence-corrected chi connectivity index (χ0v) is 18.1. The third-order valence-electron chi connectivity index (χ3n) is 6.17. The van der Waals surface area contributed by atoms with Crippen LogP contribution in [0.3, 0.4) is 0 Å². The maximum Gasteiger partial charge on any atom is 0.329 e. The van der Waals surface area contributed by atoms with E-state index < -0.39 is 18.2 Å². The van der Waals surface area contributed by atoms with Crippen LogP contribution in [0.2, 0.25) is 0 Å². The van der Waals surface area contributed by atoms with E-state index in [2.05, 4.69) is 16.7 Å². The number of anilines is 1. The zero-order chi connectivity index (χ0) is 21.6. The zero-order valence-electron chi connectivity index (χ0n) is 17.3. The Morgan fingerprint density at radius 3 is 2.83 bits per heavy atom. The smallest absolute Gasteiger partial charge is 0.313 e. The van der Waals surface area contributed by atoms with Gasteiger partial charge in [-0.05, 0) is 37.7 Å².